The quantitative estimate of drug-likeness (QED) is 0.823. The number of aryl methyl sites for hydroxylation is 1. The first-order valence-corrected chi connectivity index (χ1v) is 7.70. The summed E-state index contributed by atoms with van der Waals surface area (Å²) < 4.78 is 7.23. The molecule has 1 aromatic heterocycles. The molecule has 0 aliphatic heterocycles. The zero-order chi connectivity index (χ0) is 13.3. The second-order valence-corrected chi connectivity index (χ2v) is 7.17. The Kier molecular flexibility index (Phi) is 4.48. The Morgan fingerprint density at radius 1 is 1.28 bits per heavy atom. The fourth-order valence-electron chi connectivity index (χ4n) is 1.72. The molecule has 0 saturated carbocycles. The van der Waals surface area contributed by atoms with E-state index >= 15 is 0 Å². The zero-order valence-electron chi connectivity index (χ0n) is 9.91. The Labute approximate surface area is 127 Å². The highest BCUT2D eigenvalue weighted by atomic mass is 79.9. The van der Waals surface area contributed by atoms with E-state index in [1.165, 1.54) is 11.3 Å². The van der Waals surface area contributed by atoms with Crippen LogP contribution in [0.25, 0.3) is 0 Å². The zero-order valence-corrected chi connectivity index (χ0v) is 13.9. The smallest absolute Gasteiger partial charge is 0.125 e. The summed E-state index contributed by atoms with van der Waals surface area (Å²) in [6.07, 6.45) is -0.674. The predicted octanol–water partition coefficient (Wildman–Crippen LogP) is 4.67. The molecule has 18 heavy (non-hydrogen) atoms. The monoisotopic (exact) mass is 390 g/mol. The number of aliphatic hydroxyl groups excluding tert-OH is 1. The molecule has 0 radical (unpaired) electrons. The summed E-state index contributed by atoms with van der Waals surface area (Å²) in [4.78, 5) is 0.873. The summed E-state index contributed by atoms with van der Waals surface area (Å²) in [5, 5.41) is 10.5. The van der Waals surface area contributed by atoms with Crippen LogP contribution in [-0.4, -0.2) is 12.2 Å². The summed E-state index contributed by atoms with van der Waals surface area (Å²) in [5.74, 6) is 0.703. The normalized spacial score (nSPS) is 12.5. The maximum absolute atomic E-state index is 10.5. The van der Waals surface area contributed by atoms with Crippen LogP contribution in [0.4, 0.5) is 0 Å². The van der Waals surface area contributed by atoms with E-state index in [0.717, 1.165) is 24.3 Å². The number of hydrogen-bond acceptors (Lipinski definition) is 3. The van der Waals surface area contributed by atoms with Crippen molar-refractivity contribution in [1.82, 2.24) is 0 Å². The fraction of sp³-hybridized carbons (Fsp3) is 0.231. The van der Waals surface area contributed by atoms with Crippen molar-refractivity contribution in [2.24, 2.45) is 0 Å². The van der Waals surface area contributed by atoms with Crippen LogP contribution < -0.4 is 4.74 Å². The van der Waals surface area contributed by atoms with Crippen molar-refractivity contribution in [3.05, 3.63) is 48.5 Å². The lowest BCUT2D eigenvalue weighted by Gasteiger charge is -2.14. The minimum Gasteiger partial charge on any atom is -0.496 e. The van der Waals surface area contributed by atoms with Crippen molar-refractivity contribution in [1.29, 1.82) is 0 Å². The topological polar surface area (TPSA) is 29.5 Å². The largest absolute Gasteiger partial charge is 0.496 e. The molecule has 1 heterocycles. The summed E-state index contributed by atoms with van der Waals surface area (Å²) in [7, 11) is 1.61. The van der Waals surface area contributed by atoms with Crippen LogP contribution in [-0.2, 0) is 0 Å². The van der Waals surface area contributed by atoms with Crippen molar-refractivity contribution >= 4 is 43.2 Å². The van der Waals surface area contributed by atoms with Crippen LogP contribution in [0.2, 0.25) is 0 Å². The molecule has 1 N–H and O–H groups in total. The van der Waals surface area contributed by atoms with E-state index in [2.05, 4.69) is 31.9 Å². The maximum atomic E-state index is 10.5. The van der Waals surface area contributed by atoms with Gasteiger partial charge in [0.15, 0.2) is 0 Å². The van der Waals surface area contributed by atoms with Gasteiger partial charge in [0.2, 0.25) is 0 Å². The molecule has 1 unspecified atom stereocenters. The van der Waals surface area contributed by atoms with Crippen molar-refractivity contribution < 1.29 is 9.84 Å². The Balaban J connectivity index is 2.44. The van der Waals surface area contributed by atoms with Crippen molar-refractivity contribution in [3.8, 4) is 5.75 Å². The van der Waals surface area contributed by atoms with E-state index in [1.54, 1.807) is 7.11 Å². The molecule has 2 aromatic rings. The van der Waals surface area contributed by atoms with E-state index in [1.807, 2.05) is 31.2 Å². The fourth-order valence-corrected chi connectivity index (χ4v) is 3.81. The van der Waals surface area contributed by atoms with Crippen LogP contribution in [0.1, 0.15) is 22.1 Å². The Hall–Kier alpha value is -0.360. The lowest BCUT2D eigenvalue weighted by molar-refractivity contribution is 0.218. The Morgan fingerprint density at radius 3 is 2.56 bits per heavy atom. The molecule has 0 fully saturated rings. The number of benzene rings is 1. The van der Waals surface area contributed by atoms with Gasteiger partial charge in [-0.1, -0.05) is 11.6 Å². The molecule has 0 aliphatic carbocycles. The van der Waals surface area contributed by atoms with E-state index in [9.17, 15) is 5.11 Å². The molecule has 0 bridgehead atoms. The first kappa shape index (κ1) is 14.1. The molecule has 2 nitrogen and oxygen atoms in total. The average molecular weight is 392 g/mol. The van der Waals surface area contributed by atoms with Crippen LogP contribution in [0, 0.1) is 6.92 Å². The highest BCUT2D eigenvalue weighted by molar-refractivity contribution is 9.13. The number of methoxy groups -OCH3 is 1. The van der Waals surface area contributed by atoms with Gasteiger partial charge in [0.05, 0.1) is 10.9 Å². The van der Waals surface area contributed by atoms with E-state index in [0.29, 0.717) is 5.75 Å². The molecule has 96 valence electrons. The van der Waals surface area contributed by atoms with Gasteiger partial charge in [0.1, 0.15) is 11.9 Å². The van der Waals surface area contributed by atoms with Gasteiger partial charge in [-0.3, -0.25) is 0 Å². The van der Waals surface area contributed by atoms with Gasteiger partial charge >= 0.3 is 0 Å². The van der Waals surface area contributed by atoms with Gasteiger partial charge in [0, 0.05) is 14.9 Å². The molecule has 0 spiro atoms. The maximum Gasteiger partial charge on any atom is 0.125 e. The molecule has 1 atom stereocenters. The highest BCUT2D eigenvalue weighted by Crippen LogP contribution is 2.39. The first-order chi connectivity index (χ1) is 8.52. The molecule has 1 aromatic carbocycles. The summed E-state index contributed by atoms with van der Waals surface area (Å²) in [6, 6.07) is 7.72. The Morgan fingerprint density at radius 2 is 2.00 bits per heavy atom. The molecular formula is C13H12Br2O2S. The standard InChI is InChI=1S/C13H12Br2O2S/c1-7-3-4-10(17-2)8(5-7)12(16)11-6-9(14)13(15)18-11/h3-6,12,16H,1-2H3. The molecule has 0 saturated heterocycles. The third-order valence-electron chi connectivity index (χ3n) is 2.61. The summed E-state index contributed by atoms with van der Waals surface area (Å²) in [6.45, 7) is 2.00. The number of halogens is 2. The summed E-state index contributed by atoms with van der Waals surface area (Å²) in [5.41, 5.74) is 1.89. The van der Waals surface area contributed by atoms with Crippen LogP contribution >= 0.6 is 43.2 Å². The second kappa shape index (κ2) is 5.74. The molecule has 2 rings (SSSR count). The molecule has 5 heteroatoms. The lowest BCUT2D eigenvalue weighted by atomic mass is 10.0. The van der Waals surface area contributed by atoms with Gasteiger partial charge in [-0.25, -0.2) is 0 Å². The number of hydrogen-bond donors (Lipinski definition) is 1. The van der Waals surface area contributed by atoms with Crippen LogP contribution in [0.3, 0.4) is 0 Å². The number of thiophene rings is 1. The van der Waals surface area contributed by atoms with Crippen molar-refractivity contribution in [2.75, 3.05) is 7.11 Å². The third kappa shape index (κ3) is 2.79. The van der Waals surface area contributed by atoms with E-state index < -0.39 is 6.10 Å². The van der Waals surface area contributed by atoms with Gasteiger partial charge in [-0.15, -0.1) is 11.3 Å². The molecular weight excluding hydrogens is 380 g/mol. The van der Waals surface area contributed by atoms with E-state index in [-0.39, 0.29) is 0 Å². The number of rotatable bonds is 3. The number of aliphatic hydroxyl groups is 1. The minimum atomic E-state index is -0.674. The third-order valence-corrected chi connectivity index (χ3v) is 5.92. The number of ether oxygens (including phenoxy) is 1. The SMILES string of the molecule is COc1ccc(C)cc1C(O)c1cc(Br)c(Br)s1. The highest BCUT2D eigenvalue weighted by Gasteiger charge is 2.18. The molecule has 0 aliphatic rings. The van der Waals surface area contributed by atoms with Crippen molar-refractivity contribution in [2.45, 2.75) is 13.0 Å². The first-order valence-electron chi connectivity index (χ1n) is 5.30. The second-order valence-electron chi connectivity index (χ2n) is 3.92. The molecule has 0 amide bonds. The minimum absolute atomic E-state index is 0.674. The Bertz CT molecular complexity index is 547. The predicted molar refractivity (Wildman–Crippen MR) is 81.5 cm³/mol. The average Bonchev–Trinajstić information content (AvgIpc) is 2.68. The van der Waals surface area contributed by atoms with Gasteiger partial charge in [-0.05, 0) is 57.0 Å². The van der Waals surface area contributed by atoms with Crippen molar-refractivity contribution in [3.63, 3.8) is 0 Å². The lowest BCUT2D eigenvalue weighted by Crippen LogP contribution is -2.01. The van der Waals surface area contributed by atoms with Gasteiger partial charge in [0.25, 0.3) is 0 Å². The van der Waals surface area contributed by atoms with Gasteiger partial charge in [-0.2, -0.15) is 0 Å². The van der Waals surface area contributed by atoms with E-state index in [4.69, 9.17) is 4.74 Å². The van der Waals surface area contributed by atoms with Crippen LogP contribution in [0.5, 0.6) is 5.75 Å². The summed E-state index contributed by atoms with van der Waals surface area (Å²) >= 11 is 8.37. The van der Waals surface area contributed by atoms with Gasteiger partial charge < -0.3 is 9.84 Å². The van der Waals surface area contributed by atoms with Crippen LogP contribution in [0.15, 0.2) is 32.5 Å².